The predicted molar refractivity (Wildman–Crippen MR) is 132 cm³/mol. The molecule has 6 heteroatoms. The van der Waals surface area contributed by atoms with Crippen molar-refractivity contribution < 1.29 is 72.6 Å². The van der Waals surface area contributed by atoms with Gasteiger partial charge in [-0.05, 0) is 24.1 Å². The molecule has 184 valence electrons. The Morgan fingerprint density at radius 1 is 0.788 bits per heavy atom. The van der Waals surface area contributed by atoms with Gasteiger partial charge in [0.1, 0.15) is 11.8 Å². The third kappa shape index (κ3) is 18.6. The van der Waals surface area contributed by atoms with Gasteiger partial charge in [0.2, 0.25) is 5.91 Å². The zero-order chi connectivity index (χ0) is 23.4. The van der Waals surface area contributed by atoms with Gasteiger partial charge in [-0.2, -0.15) is 0 Å². The van der Waals surface area contributed by atoms with Gasteiger partial charge in [-0.1, -0.05) is 109 Å². The van der Waals surface area contributed by atoms with Crippen molar-refractivity contribution in [1.29, 1.82) is 0 Å². The van der Waals surface area contributed by atoms with Crippen LogP contribution in [-0.2, 0) is 16.0 Å². The normalized spacial score (nSPS) is 11.5. The minimum Gasteiger partial charge on any atom is -1.00 e. The molecule has 0 fully saturated rings. The summed E-state index contributed by atoms with van der Waals surface area (Å²) >= 11 is 0. The molecule has 33 heavy (non-hydrogen) atoms. The maximum absolute atomic E-state index is 12.1. The first kappa shape index (κ1) is 32.6. The van der Waals surface area contributed by atoms with E-state index in [1.165, 1.54) is 89.2 Å². The number of carbonyl (C=O) groups is 2. The van der Waals surface area contributed by atoms with Crippen LogP contribution in [0.15, 0.2) is 24.3 Å². The Bertz CT molecular complexity index is 628. The van der Waals surface area contributed by atoms with Crippen LogP contribution in [0.25, 0.3) is 0 Å². The maximum Gasteiger partial charge on any atom is 1.00 e. The number of benzene rings is 1. The molecule has 5 nitrogen and oxygen atoms in total. The summed E-state index contributed by atoms with van der Waals surface area (Å²) in [5.41, 5.74) is 0.766. The Balaban J connectivity index is 0. The molecule has 0 aliphatic rings. The number of amides is 1. The third-order valence-corrected chi connectivity index (χ3v) is 6.02. The number of phenols is 1. The van der Waals surface area contributed by atoms with Crippen molar-refractivity contribution in [2.75, 3.05) is 0 Å². The van der Waals surface area contributed by atoms with Crippen molar-refractivity contribution in [3.63, 3.8) is 0 Å². The quantitative estimate of drug-likeness (QED) is 0.192. The van der Waals surface area contributed by atoms with Gasteiger partial charge < -0.3 is 17.0 Å². The van der Waals surface area contributed by atoms with E-state index in [1.54, 1.807) is 12.1 Å². The van der Waals surface area contributed by atoms with Gasteiger partial charge >= 0.3 is 57.4 Å². The number of carboxylic acid groups (broad SMARTS) is 1. The number of hydrogen-bond acceptors (Lipinski definition) is 3. The molecule has 1 aromatic rings. The van der Waals surface area contributed by atoms with Crippen LogP contribution < -0.4 is 56.7 Å². The Morgan fingerprint density at radius 3 is 1.64 bits per heavy atom. The number of nitrogens with one attached hydrogen (secondary N) is 1. The average Bonchev–Trinajstić information content (AvgIpc) is 2.77. The molecule has 0 aliphatic carbocycles. The monoisotopic (exact) mass is 487 g/mol. The molecule has 0 aromatic heterocycles. The smallest absolute Gasteiger partial charge is 1.00 e. The van der Waals surface area contributed by atoms with E-state index in [4.69, 9.17) is 0 Å². The summed E-state index contributed by atoms with van der Waals surface area (Å²) in [5.74, 6) is -1.10. The van der Waals surface area contributed by atoms with E-state index < -0.39 is 12.0 Å². The van der Waals surface area contributed by atoms with E-state index in [2.05, 4.69) is 12.2 Å². The Kier molecular flexibility index (Phi) is 21.8. The summed E-state index contributed by atoms with van der Waals surface area (Å²) in [6, 6.07) is 5.44. The van der Waals surface area contributed by atoms with Gasteiger partial charge in [0.15, 0.2) is 0 Å². The first-order chi connectivity index (χ1) is 15.5. The van der Waals surface area contributed by atoms with Gasteiger partial charge in [-0.25, -0.2) is 4.79 Å². The molecule has 0 saturated heterocycles. The van der Waals surface area contributed by atoms with E-state index in [0.717, 1.165) is 24.8 Å². The summed E-state index contributed by atoms with van der Waals surface area (Å²) in [6.07, 6.45) is 19.7. The topological polar surface area (TPSA) is 86.6 Å². The molecule has 1 rings (SSSR count). The zero-order valence-electron chi connectivity index (χ0n) is 22.1. The van der Waals surface area contributed by atoms with Crippen molar-refractivity contribution in [3.8, 4) is 5.75 Å². The number of phenolic OH excluding ortho intramolecular Hbond substituents is 1. The van der Waals surface area contributed by atoms with Gasteiger partial charge in [-0.15, -0.1) is 0 Å². The molecule has 1 atom stereocenters. The van der Waals surface area contributed by atoms with Gasteiger partial charge in [0.05, 0.1) is 0 Å². The van der Waals surface area contributed by atoms with Gasteiger partial charge in [-0.3, -0.25) is 4.79 Å². The molecule has 0 saturated carbocycles. The van der Waals surface area contributed by atoms with Crippen LogP contribution in [0.5, 0.6) is 5.75 Å². The first-order valence-corrected chi connectivity index (χ1v) is 12.8. The fourth-order valence-corrected chi connectivity index (χ4v) is 3.99. The molecule has 0 aliphatic heterocycles. The largest absolute Gasteiger partial charge is 1.00 e. The molecule has 1 aromatic carbocycles. The van der Waals surface area contributed by atoms with Crippen LogP contribution in [0.1, 0.15) is 117 Å². The van der Waals surface area contributed by atoms with Crippen molar-refractivity contribution in [3.05, 3.63) is 29.8 Å². The molecule has 1 unspecified atom stereocenters. The number of rotatable bonds is 20. The standard InChI is InChI=1S/C27H45NO4.K.H/c1-2-3-4-5-6-7-8-9-10-11-12-13-14-15-16-17-26(30)28-25(27(31)32)22-23-18-20-24(29)21-19-23;;/h18-21,25,29H,2-17,22H2,1H3,(H,28,30)(H,31,32);;/q;+1;-1. The number of carboxylic acids is 1. The van der Waals surface area contributed by atoms with Gasteiger partial charge in [0, 0.05) is 12.8 Å². The van der Waals surface area contributed by atoms with Crippen molar-refractivity contribution >= 4 is 11.9 Å². The number of aromatic hydroxyl groups is 1. The summed E-state index contributed by atoms with van der Waals surface area (Å²) in [4.78, 5) is 23.6. The molecule has 0 bridgehead atoms. The second-order valence-corrected chi connectivity index (χ2v) is 9.03. The number of aliphatic carboxylic acids is 1. The van der Waals surface area contributed by atoms with E-state index in [0.29, 0.717) is 6.42 Å². The molecule has 0 heterocycles. The Morgan fingerprint density at radius 2 is 1.21 bits per heavy atom. The van der Waals surface area contributed by atoms with Crippen LogP contribution in [0, 0.1) is 0 Å². The fourth-order valence-electron chi connectivity index (χ4n) is 3.99. The molecular weight excluding hydrogens is 441 g/mol. The minimum atomic E-state index is -1.04. The molecule has 3 N–H and O–H groups in total. The van der Waals surface area contributed by atoms with Crippen LogP contribution in [-0.4, -0.2) is 28.1 Å². The number of carbonyl (C=O) groups excluding carboxylic acids is 1. The molecule has 0 spiro atoms. The molecular formula is C27H46KNO4. The van der Waals surface area contributed by atoms with Crippen LogP contribution in [0.2, 0.25) is 0 Å². The summed E-state index contributed by atoms with van der Waals surface area (Å²) in [5, 5.41) is 21.3. The van der Waals surface area contributed by atoms with E-state index >= 15 is 0 Å². The molecule has 0 radical (unpaired) electrons. The summed E-state index contributed by atoms with van der Waals surface area (Å²) < 4.78 is 0. The Labute approximate surface area is 245 Å². The Hall–Kier alpha value is -0.404. The molecule has 1 amide bonds. The van der Waals surface area contributed by atoms with Gasteiger partial charge in [0.25, 0.3) is 0 Å². The van der Waals surface area contributed by atoms with Crippen LogP contribution in [0.4, 0.5) is 0 Å². The maximum atomic E-state index is 12.1. The van der Waals surface area contributed by atoms with Crippen molar-refractivity contribution in [1.82, 2.24) is 5.32 Å². The fraction of sp³-hybridized carbons (Fsp3) is 0.704. The second kappa shape index (κ2) is 22.1. The second-order valence-electron chi connectivity index (χ2n) is 9.03. The SMILES string of the molecule is CCCCCCCCCCCCCCCCCC(=O)NC(Cc1ccc(O)cc1)C(=O)O.[H-].[K+]. The minimum absolute atomic E-state index is 0. The first-order valence-electron chi connectivity index (χ1n) is 12.8. The number of unbranched alkanes of at least 4 members (excludes halogenated alkanes) is 14. The number of hydrogen-bond donors (Lipinski definition) is 3. The summed E-state index contributed by atoms with van der Waals surface area (Å²) in [7, 11) is 0. The third-order valence-electron chi connectivity index (χ3n) is 6.02. The zero-order valence-corrected chi connectivity index (χ0v) is 24.2. The van der Waals surface area contributed by atoms with Crippen molar-refractivity contribution in [2.24, 2.45) is 0 Å². The van der Waals surface area contributed by atoms with E-state index in [9.17, 15) is 19.8 Å². The predicted octanol–water partition coefficient (Wildman–Crippen LogP) is 3.88. The van der Waals surface area contributed by atoms with E-state index in [-0.39, 0.29) is 70.9 Å². The van der Waals surface area contributed by atoms with Crippen LogP contribution >= 0.6 is 0 Å². The average molecular weight is 488 g/mol. The van der Waals surface area contributed by atoms with Crippen molar-refractivity contribution in [2.45, 2.75) is 122 Å². The van der Waals surface area contributed by atoms with Crippen LogP contribution in [0.3, 0.4) is 0 Å². The summed E-state index contributed by atoms with van der Waals surface area (Å²) in [6.45, 7) is 2.26. The van der Waals surface area contributed by atoms with E-state index in [1.807, 2.05) is 0 Å².